The molecule has 0 spiro atoms. The molecule has 23 heavy (non-hydrogen) atoms. The maximum Gasteiger partial charge on any atom is 0.154 e. The zero-order valence-corrected chi connectivity index (χ0v) is 15.1. The Morgan fingerprint density at radius 2 is 1.74 bits per heavy atom. The van der Waals surface area contributed by atoms with Crippen molar-refractivity contribution in [3.63, 3.8) is 0 Å². The highest BCUT2D eigenvalue weighted by Gasteiger charge is 2.19. The van der Waals surface area contributed by atoms with Crippen LogP contribution < -0.4 is 0 Å². The van der Waals surface area contributed by atoms with E-state index in [0.29, 0.717) is 0 Å². The van der Waals surface area contributed by atoms with Gasteiger partial charge in [0.25, 0.3) is 0 Å². The van der Waals surface area contributed by atoms with Crippen molar-refractivity contribution in [3.05, 3.63) is 47.3 Å². The van der Waals surface area contributed by atoms with Crippen molar-refractivity contribution >= 4 is 9.84 Å². The molecule has 0 radical (unpaired) electrons. The lowest BCUT2D eigenvalue weighted by molar-refractivity contribution is 0.588. The monoisotopic (exact) mass is 334 g/mol. The molecule has 0 aliphatic carbocycles. The SMILES string of the molecule is CCCCCCS(=O)(=O)Cc1c(C)nn(-c2ccccc2)c1C. The lowest BCUT2D eigenvalue weighted by Crippen LogP contribution is -2.11. The van der Waals surface area contributed by atoms with Crippen LogP contribution in [0.25, 0.3) is 5.69 Å². The zero-order chi connectivity index (χ0) is 16.9. The minimum atomic E-state index is -3.08. The van der Waals surface area contributed by atoms with Crippen LogP contribution in [0.1, 0.15) is 49.6 Å². The molecule has 1 aromatic heterocycles. The quantitative estimate of drug-likeness (QED) is 0.686. The van der Waals surface area contributed by atoms with E-state index < -0.39 is 9.84 Å². The first-order chi connectivity index (χ1) is 10.9. The second-order valence-electron chi connectivity index (χ2n) is 6.05. The number of hydrogen-bond acceptors (Lipinski definition) is 3. The number of sulfone groups is 1. The first kappa shape index (κ1) is 17.7. The molecule has 0 N–H and O–H groups in total. The molecule has 0 amide bonds. The lowest BCUT2D eigenvalue weighted by atomic mass is 10.2. The molecule has 0 bridgehead atoms. The Hall–Kier alpha value is -1.62. The van der Waals surface area contributed by atoms with E-state index in [2.05, 4.69) is 12.0 Å². The Morgan fingerprint density at radius 1 is 1.04 bits per heavy atom. The van der Waals surface area contributed by atoms with Gasteiger partial charge in [-0.25, -0.2) is 13.1 Å². The standard InChI is InChI=1S/C18H26N2O2S/c1-4-5-6-10-13-23(21,22)14-18-15(2)19-20(16(18)3)17-11-8-7-9-12-17/h7-9,11-12H,4-6,10,13-14H2,1-3H3. The fourth-order valence-corrected chi connectivity index (χ4v) is 4.39. The Bertz CT molecular complexity index is 734. The van der Waals surface area contributed by atoms with Gasteiger partial charge >= 0.3 is 0 Å². The van der Waals surface area contributed by atoms with Crippen molar-refractivity contribution in [2.24, 2.45) is 0 Å². The van der Waals surface area contributed by atoms with Crippen molar-refractivity contribution in [1.29, 1.82) is 0 Å². The molecule has 0 aliphatic heterocycles. The van der Waals surface area contributed by atoms with E-state index in [1.165, 1.54) is 0 Å². The van der Waals surface area contributed by atoms with Gasteiger partial charge in [-0.05, 0) is 32.4 Å². The summed E-state index contributed by atoms with van der Waals surface area (Å²) in [6.07, 6.45) is 3.94. The van der Waals surface area contributed by atoms with Crippen LogP contribution >= 0.6 is 0 Å². The Kier molecular flexibility index (Phi) is 5.99. The summed E-state index contributed by atoms with van der Waals surface area (Å²) in [6.45, 7) is 5.95. The number of nitrogens with zero attached hydrogens (tertiary/aromatic N) is 2. The van der Waals surface area contributed by atoms with E-state index in [1.807, 2.05) is 48.9 Å². The van der Waals surface area contributed by atoms with Gasteiger partial charge in [-0.3, -0.25) is 0 Å². The summed E-state index contributed by atoms with van der Waals surface area (Å²) >= 11 is 0. The van der Waals surface area contributed by atoms with Crippen LogP contribution in [0.2, 0.25) is 0 Å². The summed E-state index contributed by atoms with van der Waals surface area (Å²) in [5.74, 6) is 0.353. The maximum absolute atomic E-state index is 12.4. The van der Waals surface area contributed by atoms with Crippen molar-refractivity contribution in [1.82, 2.24) is 9.78 Å². The topological polar surface area (TPSA) is 52.0 Å². The molecule has 0 aliphatic rings. The smallest absolute Gasteiger partial charge is 0.154 e. The van der Waals surface area contributed by atoms with Crippen molar-refractivity contribution in [2.45, 2.75) is 52.2 Å². The molecule has 4 nitrogen and oxygen atoms in total. The number of benzene rings is 1. The second-order valence-corrected chi connectivity index (χ2v) is 8.23. The highest BCUT2D eigenvalue weighted by atomic mass is 32.2. The number of rotatable bonds is 8. The Balaban J connectivity index is 2.16. The second kappa shape index (κ2) is 7.77. The van der Waals surface area contributed by atoms with Crippen LogP contribution in [-0.2, 0) is 15.6 Å². The molecule has 0 fully saturated rings. The fraction of sp³-hybridized carbons (Fsp3) is 0.500. The highest BCUT2D eigenvalue weighted by molar-refractivity contribution is 7.90. The lowest BCUT2D eigenvalue weighted by Gasteiger charge is -2.07. The molecule has 2 rings (SSSR count). The molecule has 0 atom stereocenters. The van der Waals surface area contributed by atoms with Crippen LogP contribution in [0, 0.1) is 13.8 Å². The van der Waals surface area contributed by atoms with Crippen molar-refractivity contribution in [3.8, 4) is 5.69 Å². The van der Waals surface area contributed by atoms with Crippen LogP contribution in [0.3, 0.4) is 0 Å². The molecule has 1 heterocycles. The first-order valence-electron chi connectivity index (χ1n) is 8.25. The number of para-hydroxylation sites is 1. The summed E-state index contributed by atoms with van der Waals surface area (Å²) in [5, 5.41) is 4.53. The highest BCUT2D eigenvalue weighted by Crippen LogP contribution is 2.20. The molecular formula is C18H26N2O2S. The zero-order valence-electron chi connectivity index (χ0n) is 14.2. The molecular weight excluding hydrogens is 308 g/mol. The third-order valence-corrected chi connectivity index (χ3v) is 5.75. The number of hydrogen-bond donors (Lipinski definition) is 0. The molecule has 1 aromatic carbocycles. The molecule has 126 valence electrons. The molecule has 0 saturated heterocycles. The average Bonchev–Trinajstić information content (AvgIpc) is 2.80. The van der Waals surface area contributed by atoms with E-state index in [0.717, 1.165) is 48.3 Å². The number of aryl methyl sites for hydroxylation is 1. The van der Waals surface area contributed by atoms with Crippen LogP contribution in [0.5, 0.6) is 0 Å². The summed E-state index contributed by atoms with van der Waals surface area (Å²) < 4.78 is 26.6. The largest absolute Gasteiger partial charge is 0.238 e. The summed E-state index contributed by atoms with van der Waals surface area (Å²) in [4.78, 5) is 0. The van der Waals surface area contributed by atoms with Gasteiger partial charge in [0.15, 0.2) is 9.84 Å². The summed E-state index contributed by atoms with van der Waals surface area (Å²) in [5.41, 5.74) is 3.50. The Morgan fingerprint density at radius 3 is 2.39 bits per heavy atom. The van der Waals surface area contributed by atoms with E-state index in [9.17, 15) is 8.42 Å². The molecule has 0 unspecified atom stereocenters. The van der Waals surface area contributed by atoms with Gasteiger partial charge in [0.1, 0.15) is 0 Å². The third-order valence-electron chi connectivity index (χ3n) is 4.12. The molecule has 5 heteroatoms. The summed E-state index contributed by atoms with van der Waals surface area (Å²) in [7, 11) is -3.08. The van der Waals surface area contributed by atoms with E-state index in [4.69, 9.17) is 0 Å². The predicted molar refractivity (Wildman–Crippen MR) is 94.7 cm³/mol. The number of unbranched alkanes of at least 4 members (excludes halogenated alkanes) is 3. The first-order valence-corrected chi connectivity index (χ1v) is 10.1. The van der Waals surface area contributed by atoms with Crippen LogP contribution in [0.15, 0.2) is 30.3 Å². The van der Waals surface area contributed by atoms with Gasteiger partial charge in [0, 0.05) is 11.3 Å². The maximum atomic E-state index is 12.4. The third kappa shape index (κ3) is 4.67. The van der Waals surface area contributed by atoms with Crippen LogP contribution in [-0.4, -0.2) is 24.0 Å². The van der Waals surface area contributed by atoms with Crippen LogP contribution in [0.4, 0.5) is 0 Å². The van der Waals surface area contributed by atoms with Gasteiger partial charge in [-0.2, -0.15) is 5.10 Å². The Labute approximate surface area is 139 Å². The minimum Gasteiger partial charge on any atom is -0.238 e. The van der Waals surface area contributed by atoms with Gasteiger partial charge in [-0.1, -0.05) is 44.4 Å². The van der Waals surface area contributed by atoms with Crippen molar-refractivity contribution in [2.75, 3.05) is 5.75 Å². The van der Waals surface area contributed by atoms with Gasteiger partial charge < -0.3 is 0 Å². The molecule has 0 saturated carbocycles. The fourth-order valence-electron chi connectivity index (χ4n) is 2.75. The molecule has 2 aromatic rings. The van der Waals surface area contributed by atoms with Gasteiger partial charge in [-0.15, -0.1) is 0 Å². The van der Waals surface area contributed by atoms with E-state index in [-0.39, 0.29) is 11.5 Å². The number of aromatic nitrogens is 2. The van der Waals surface area contributed by atoms with E-state index >= 15 is 0 Å². The summed E-state index contributed by atoms with van der Waals surface area (Å²) in [6, 6.07) is 9.81. The minimum absolute atomic E-state index is 0.0869. The predicted octanol–water partition coefficient (Wildman–Crippen LogP) is 3.98. The van der Waals surface area contributed by atoms with Crippen molar-refractivity contribution < 1.29 is 8.42 Å². The van der Waals surface area contributed by atoms with E-state index in [1.54, 1.807) is 0 Å². The normalized spacial score (nSPS) is 11.8. The average molecular weight is 334 g/mol. The van der Waals surface area contributed by atoms with Gasteiger partial charge in [0.05, 0.1) is 22.9 Å². The van der Waals surface area contributed by atoms with Gasteiger partial charge in [0.2, 0.25) is 0 Å².